The summed E-state index contributed by atoms with van der Waals surface area (Å²) >= 11 is 0. The molecule has 0 aromatic heterocycles. The maximum atomic E-state index is 7.46. The van der Waals surface area contributed by atoms with Crippen LogP contribution in [0.4, 0.5) is 5.69 Å². The minimum Gasteiger partial charge on any atom is -0.457 e. The molecule has 7 rings (SSSR count). The van der Waals surface area contributed by atoms with Crippen LogP contribution in [0, 0.1) is 6.57 Å². The zero-order valence-corrected chi connectivity index (χ0v) is 21.8. The summed E-state index contributed by atoms with van der Waals surface area (Å²) in [7, 11) is 0. The Morgan fingerprint density at radius 2 is 1.02 bits per heavy atom. The van der Waals surface area contributed by atoms with Gasteiger partial charge in [-0.05, 0) is 57.6 Å². The lowest BCUT2D eigenvalue weighted by Gasteiger charge is -2.42. The van der Waals surface area contributed by atoms with Crippen molar-refractivity contribution >= 4 is 5.69 Å². The monoisotopic (exact) mass is 511 g/mol. The molecule has 1 aliphatic rings. The lowest BCUT2D eigenvalue weighted by molar-refractivity contribution is 0.434. The summed E-state index contributed by atoms with van der Waals surface area (Å²) in [6.07, 6.45) is 0. The summed E-state index contributed by atoms with van der Waals surface area (Å²) in [6.45, 7) is 7.46. The molecule has 1 aliphatic heterocycles. The van der Waals surface area contributed by atoms with Gasteiger partial charge in [0.2, 0.25) is 0 Å². The molecular formula is C38H25NO. The van der Waals surface area contributed by atoms with E-state index in [4.69, 9.17) is 11.3 Å². The number of benzene rings is 6. The molecular weight excluding hydrogens is 486 g/mol. The van der Waals surface area contributed by atoms with Gasteiger partial charge < -0.3 is 4.74 Å². The maximum Gasteiger partial charge on any atom is 0.187 e. The smallest absolute Gasteiger partial charge is 0.187 e. The average molecular weight is 512 g/mol. The second-order valence-electron chi connectivity index (χ2n) is 10.00. The van der Waals surface area contributed by atoms with Crippen molar-refractivity contribution in [1.82, 2.24) is 0 Å². The van der Waals surface area contributed by atoms with Crippen LogP contribution in [0.5, 0.6) is 11.5 Å². The molecule has 0 fully saturated rings. The quantitative estimate of drug-likeness (QED) is 0.214. The van der Waals surface area contributed by atoms with Gasteiger partial charge in [0.15, 0.2) is 5.69 Å². The maximum absolute atomic E-state index is 7.46. The van der Waals surface area contributed by atoms with Crippen LogP contribution < -0.4 is 4.74 Å². The summed E-state index contributed by atoms with van der Waals surface area (Å²) < 4.78 is 6.50. The Balaban J connectivity index is 1.54. The second-order valence-corrected chi connectivity index (χ2v) is 10.00. The van der Waals surface area contributed by atoms with E-state index in [9.17, 15) is 0 Å². The molecule has 0 saturated carbocycles. The first-order valence-corrected chi connectivity index (χ1v) is 13.4. The number of rotatable bonds is 4. The van der Waals surface area contributed by atoms with Gasteiger partial charge in [-0.3, -0.25) is 0 Å². The predicted octanol–water partition coefficient (Wildman–Crippen LogP) is 10.1. The van der Waals surface area contributed by atoms with Gasteiger partial charge in [0, 0.05) is 11.1 Å². The van der Waals surface area contributed by atoms with Gasteiger partial charge in [0.25, 0.3) is 0 Å². The van der Waals surface area contributed by atoms with E-state index >= 15 is 0 Å². The lowest BCUT2D eigenvalue weighted by atomic mass is 9.62. The largest absolute Gasteiger partial charge is 0.457 e. The molecule has 40 heavy (non-hydrogen) atoms. The first-order valence-electron chi connectivity index (χ1n) is 13.4. The summed E-state index contributed by atoms with van der Waals surface area (Å²) in [5.41, 5.74) is 9.06. The molecule has 0 aliphatic carbocycles. The molecule has 0 N–H and O–H groups in total. The summed E-state index contributed by atoms with van der Waals surface area (Å²) in [4.78, 5) is 3.64. The van der Waals surface area contributed by atoms with Crippen LogP contribution in [-0.2, 0) is 5.41 Å². The lowest BCUT2D eigenvalue weighted by Crippen LogP contribution is -2.34. The van der Waals surface area contributed by atoms with Crippen LogP contribution in [0.1, 0.15) is 22.3 Å². The summed E-state index contributed by atoms with van der Waals surface area (Å²) in [5, 5.41) is 0. The van der Waals surface area contributed by atoms with Crippen molar-refractivity contribution in [2.24, 2.45) is 0 Å². The van der Waals surface area contributed by atoms with Gasteiger partial charge >= 0.3 is 0 Å². The number of fused-ring (bicyclic) bond motifs is 2. The molecule has 0 radical (unpaired) electrons. The summed E-state index contributed by atoms with van der Waals surface area (Å²) in [5.74, 6) is 1.73. The topological polar surface area (TPSA) is 13.6 Å². The Labute approximate surface area is 234 Å². The van der Waals surface area contributed by atoms with Gasteiger partial charge in [0.1, 0.15) is 11.5 Å². The minimum absolute atomic E-state index is 0.594. The highest BCUT2D eigenvalue weighted by atomic mass is 16.5. The van der Waals surface area contributed by atoms with Gasteiger partial charge in [-0.2, -0.15) is 0 Å². The Morgan fingerprint density at radius 3 is 1.73 bits per heavy atom. The Hall–Kier alpha value is -5.39. The zero-order valence-electron chi connectivity index (χ0n) is 21.8. The highest BCUT2D eigenvalue weighted by Gasteiger charge is 2.46. The van der Waals surface area contributed by atoms with E-state index in [1.165, 1.54) is 11.1 Å². The van der Waals surface area contributed by atoms with E-state index in [2.05, 4.69) is 126 Å². The fraction of sp³-hybridized carbons (Fsp3) is 0.0263. The SMILES string of the molecule is [C-]#[N+]c1cccc(-c2cccc(-c3ccccc3C3(c4ccccc4)c4ccccc4Oc4ccccc43)c2)c1. The van der Waals surface area contributed by atoms with Crippen molar-refractivity contribution < 1.29 is 4.74 Å². The molecule has 2 heteroatoms. The number of hydrogen-bond acceptors (Lipinski definition) is 1. The van der Waals surface area contributed by atoms with Gasteiger partial charge in [-0.15, -0.1) is 0 Å². The van der Waals surface area contributed by atoms with E-state index in [1.807, 2.05) is 30.3 Å². The van der Waals surface area contributed by atoms with Crippen molar-refractivity contribution in [3.63, 3.8) is 0 Å². The van der Waals surface area contributed by atoms with Gasteiger partial charge in [-0.25, -0.2) is 4.85 Å². The highest BCUT2D eigenvalue weighted by molar-refractivity contribution is 5.81. The van der Waals surface area contributed by atoms with E-state index in [0.717, 1.165) is 44.9 Å². The number of hydrogen-bond donors (Lipinski definition) is 0. The zero-order chi connectivity index (χ0) is 26.9. The molecule has 0 spiro atoms. The minimum atomic E-state index is -0.594. The molecule has 1 heterocycles. The van der Waals surface area contributed by atoms with E-state index < -0.39 is 5.41 Å². The van der Waals surface area contributed by atoms with E-state index in [0.29, 0.717) is 5.69 Å². The van der Waals surface area contributed by atoms with Crippen molar-refractivity contribution in [2.75, 3.05) is 0 Å². The van der Waals surface area contributed by atoms with Crippen LogP contribution in [0.3, 0.4) is 0 Å². The Morgan fingerprint density at radius 1 is 0.475 bits per heavy atom. The van der Waals surface area contributed by atoms with Crippen LogP contribution in [-0.4, -0.2) is 0 Å². The molecule has 0 atom stereocenters. The third-order valence-corrected chi connectivity index (χ3v) is 7.82. The molecule has 0 amide bonds. The first-order chi connectivity index (χ1) is 19.8. The third-order valence-electron chi connectivity index (χ3n) is 7.82. The predicted molar refractivity (Wildman–Crippen MR) is 162 cm³/mol. The van der Waals surface area contributed by atoms with E-state index in [-0.39, 0.29) is 0 Å². The van der Waals surface area contributed by atoms with E-state index in [1.54, 1.807) is 0 Å². The summed E-state index contributed by atoms with van der Waals surface area (Å²) in [6, 6.07) is 52.7. The average Bonchev–Trinajstić information content (AvgIpc) is 3.04. The highest BCUT2D eigenvalue weighted by Crippen LogP contribution is 2.56. The Bertz CT molecular complexity index is 1850. The first kappa shape index (κ1) is 23.7. The molecule has 6 aromatic carbocycles. The Kier molecular flexibility index (Phi) is 5.77. The van der Waals surface area contributed by atoms with Crippen LogP contribution in [0.15, 0.2) is 152 Å². The van der Waals surface area contributed by atoms with Crippen molar-refractivity contribution in [2.45, 2.75) is 5.41 Å². The van der Waals surface area contributed by atoms with Crippen LogP contribution in [0.25, 0.3) is 27.1 Å². The van der Waals surface area contributed by atoms with Crippen LogP contribution in [0.2, 0.25) is 0 Å². The second kappa shape index (κ2) is 9.73. The fourth-order valence-electron chi connectivity index (χ4n) is 6.12. The fourth-order valence-corrected chi connectivity index (χ4v) is 6.12. The van der Waals surface area contributed by atoms with Gasteiger partial charge in [0.05, 0.1) is 12.0 Å². The molecule has 6 aromatic rings. The molecule has 0 unspecified atom stereocenters. The number of ether oxygens (including phenoxy) is 1. The molecule has 188 valence electrons. The number of para-hydroxylation sites is 2. The molecule has 2 nitrogen and oxygen atoms in total. The van der Waals surface area contributed by atoms with Crippen molar-refractivity contribution in [3.8, 4) is 33.8 Å². The van der Waals surface area contributed by atoms with Crippen molar-refractivity contribution in [1.29, 1.82) is 0 Å². The molecule has 0 saturated heterocycles. The standard InChI is InChI=1S/C38H25NO/c1-39-31-18-12-14-28(26-31)27-13-11-15-29(25-27)32-19-5-6-20-33(32)38(30-16-3-2-4-17-30)34-21-7-9-23-36(34)40-37-24-10-8-22-35(37)38/h2-26H. The van der Waals surface area contributed by atoms with Crippen molar-refractivity contribution in [3.05, 3.63) is 185 Å². The third kappa shape index (κ3) is 3.72. The number of nitrogens with zero attached hydrogens (tertiary/aromatic N) is 1. The normalized spacial score (nSPS) is 12.9. The van der Waals surface area contributed by atoms with Gasteiger partial charge in [-0.1, -0.05) is 127 Å². The van der Waals surface area contributed by atoms with Crippen LogP contribution >= 0.6 is 0 Å². The molecule has 0 bridgehead atoms.